The maximum Gasteiger partial charge on any atom is 0.176 e. The summed E-state index contributed by atoms with van der Waals surface area (Å²) in [4.78, 5) is 0. The van der Waals surface area contributed by atoms with Crippen LogP contribution in [-0.4, -0.2) is 24.7 Å². The Morgan fingerprint density at radius 2 is 1.84 bits per heavy atom. The fourth-order valence-corrected chi connectivity index (χ4v) is 2.74. The minimum Gasteiger partial charge on any atom is -0.329 e. The minimum absolute atomic E-state index is 0.245. The van der Waals surface area contributed by atoms with E-state index in [4.69, 9.17) is 12.2 Å². The molecule has 0 fully saturated rings. The number of nitrogens with one attached hydrogen (secondary N) is 2. The van der Waals surface area contributed by atoms with Crippen LogP contribution in [0.1, 0.15) is 17.0 Å². The van der Waals surface area contributed by atoms with Crippen molar-refractivity contribution in [2.45, 2.75) is 20.4 Å². The maximum atomic E-state index is 13.0. The van der Waals surface area contributed by atoms with Gasteiger partial charge >= 0.3 is 0 Å². The van der Waals surface area contributed by atoms with Crippen LogP contribution in [0.4, 0.5) is 15.9 Å². The summed E-state index contributed by atoms with van der Waals surface area (Å²) in [6.07, 6.45) is 1.84. The highest BCUT2D eigenvalue weighted by atomic mass is 32.1. The maximum absolute atomic E-state index is 13.0. The number of aryl methyl sites for hydroxylation is 2. The van der Waals surface area contributed by atoms with Crippen LogP contribution in [-0.2, 0) is 13.6 Å². The molecule has 1 aromatic carbocycles. The fraction of sp³-hybridized carbons (Fsp3) is 0.235. The van der Waals surface area contributed by atoms with Gasteiger partial charge in [-0.05, 0) is 43.8 Å². The van der Waals surface area contributed by atoms with Crippen LogP contribution >= 0.6 is 12.2 Å². The Morgan fingerprint density at radius 3 is 2.48 bits per heavy atom. The molecule has 0 unspecified atom stereocenters. The molecule has 0 amide bonds. The molecule has 0 aliphatic heterocycles. The smallest absolute Gasteiger partial charge is 0.176 e. The molecule has 2 heterocycles. The molecule has 0 saturated carbocycles. The van der Waals surface area contributed by atoms with E-state index in [0.29, 0.717) is 17.5 Å². The van der Waals surface area contributed by atoms with Gasteiger partial charge in [0.15, 0.2) is 10.9 Å². The molecule has 3 rings (SSSR count). The molecule has 130 valence electrons. The molecule has 8 heteroatoms. The van der Waals surface area contributed by atoms with Crippen molar-refractivity contribution in [1.82, 2.24) is 19.6 Å². The van der Waals surface area contributed by atoms with Gasteiger partial charge in [0, 0.05) is 19.3 Å². The molecular weight excluding hydrogens is 339 g/mol. The summed E-state index contributed by atoms with van der Waals surface area (Å²) in [6.45, 7) is 4.45. The Balaban J connectivity index is 1.72. The summed E-state index contributed by atoms with van der Waals surface area (Å²) < 4.78 is 16.6. The van der Waals surface area contributed by atoms with E-state index < -0.39 is 0 Å². The molecule has 0 bridgehead atoms. The first-order valence-corrected chi connectivity index (χ1v) is 8.19. The average molecular weight is 358 g/mol. The average Bonchev–Trinajstić information content (AvgIpc) is 3.08. The van der Waals surface area contributed by atoms with Gasteiger partial charge < -0.3 is 10.6 Å². The Hall–Kier alpha value is -2.74. The number of hydrogen-bond donors (Lipinski definition) is 2. The number of aromatic nitrogens is 4. The summed E-state index contributed by atoms with van der Waals surface area (Å²) in [5, 5.41) is 15.4. The number of benzene rings is 1. The first-order chi connectivity index (χ1) is 11.9. The lowest BCUT2D eigenvalue weighted by atomic mass is 10.2. The molecule has 0 aliphatic rings. The predicted molar refractivity (Wildman–Crippen MR) is 100 cm³/mol. The molecular formula is C17H19FN6S. The number of hydrogen-bond acceptors (Lipinski definition) is 3. The molecule has 0 saturated heterocycles. The summed E-state index contributed by atoms with van der Waals surface area (Å²) in [7, 11) is 1.84. The quantitative estimate of drug-likeness (QED) is 0.701. The number of thiocarbonyl (C=S) groups is 1. The van der Waals surface area contributed by atoms with Gasteiger partial charge in [-0.25, -0.2) is 4.39 Å². The van der Waals surface area contributed by atoms with Crippen molar-refractivity contribution in [2.24, 2.45) is 7.05 Å². The highest BCUT2D eigenvalue weighted by Gasteiger charge is 2.13. The van der Waals surface area contributed by atoms with Gasteiger partial charge in [-0.1, -0.05) is 12.1 Å². The zero-order chi connectivity index (χ0) is 18.0. The van der Waals surface area contributed by atoms with E-state index >= 15 is 0 Å². The van der Waals surface area contributed by atoms with Crippen molar-refractivity contribution in [3.05, 3.63) is 59.3 Å². The van der Waals surface area contributed by atoms with Crippen LogP contribution in [0.15, 0.2) is 36.5 Å². The standard InChI is InChI=1S/C17H19FN6S/c1-11-16(20-17(25)19-15-8-9-23(3)22-15)12(2)24(21-11)10-13-4-6-14(18)7-5-13/h4-9H,10H2,1-3H3,(H2,19,20,22,25). The van der Waals surface area contributed by atoms with Crippen LogP contribution in [0.3, 0.4) is 0 Å². The van der Waals surface area contributed by atoms with Crippen LogP contribution < -0.4 is 10.6 Å². The second-order valence-electron chi connectivity index (χ2n) is 5.78. The molecule has 0 aliphatic carbocycles. The van der Waals surface area contributed by atoms with Gasteiger partial charge in [0.2, 0.25) is 0 Å². The number of halogens is 1. The Kier molecular flexibility index (Phi) is 4.80. The van der Waals surface area contributed by atoms with Crippen LogP contribution in [0.5, 0.6) is 0 Å². The van der Waals surface area contributed by atoms with Gasteiger partial charge in [-0.15, -0.1) is 0 Å². The lowest BCUT2D eigenvalue weighted by Gasteiger charge is -2.10. The van der Waals surface area contributed by atoms with Crippen molar-refractivity contribution in [2.75, 3.05) is 10.6 Å². The molecule has 0 atom stereocenters. The SMILES string of the molecule is Cc1nn(Cc2ccc(F)cc2)c(C)c1NC(=S)Nc1ccn(C)n1. The molecule has 0 radical (unpaired) electrons. The first-order valence-electron chi connectivity index (χ1n) is 7.78. The monoisotopic (exact) mass is 358 g/mol. The third kappa shape index (κ3) is 4.03. The van der Waals surface area contributed by atoms with Gasteiger partial charge in [0.05, 0.1) is 23.6 Å². The van der Waals surface area contributed by atoms with Crippen LogP contribution in [0.25, 0.3) is 0 Å². The van der Waals surface area contributed by atoms with E-state index in [1.54, 1.807) is 16.8 Å². The lowest BCUT2D eigenvalue weighted by Crippen LogP contribution is -2.20. The van der Waals surface area contributed by atoms with Crippen molar-refractivity contribution in [3.63, 3.8) is 0 Å². The van der Waals surface area contributed by atoms with Crippen LogP contribution in [0, 0.1) is 19.7 Å². The van der Waals surface area contributed by atoms with Crippen molar-refractivity contribution >= 4 is 28.8 Å². The van der Waals surface area contributed by atoms with E-state index in [1.807, 2.05) is 37.8 Å². The second kappa shape index (κ2) is 7.02. The van der Waals surface area contributed by atoms with Gasteiger partial charge in [0.1, 0.15) is 5.82 Å². The molecule has 25 heavy (non-hydrogen) atoms. The first kappa shape index (κ1) is 17.1. The zero-order valence-electron chi connectivity index (χ0n) is 14.2. The molecule has 6 nitrogen and oxygen atoms in total. The van der Waals surface area contributed by atoms with E-state index in [-0.39, 0.29) is 5.82 Å². The van der Waals surface area contributed by atoms with Crippen LogP contribution in [0.2, 0.25) is 0 Å². The Bertz CT molecular complexity index is 897. The largest absolute Gasteiger partial charge is 0.329 e. The van der Waals surface area contributed by atoms with Crippen molar-refractivity contribution in [3.8, 4) is 0 Å². The van der Waals surface area contributed by atoms with E-state index in [0.717, 1.165) is 22.6 Å². The highest BCUT2D eigenvalue weighted by Crippen LogP contribution is 2.21. The third-order valence-electron chi connectivity index (χ3n) is 3.82. The summed E-state index contributed by atoms with van der Waals surface area (Å²) in [5.41, 5.74) is 3.63. The zero-order valence-corrected chi connectivity index (χ0v) is 15.1. The van der Waals surface area contributed by atoms with E-state index in [2.05, 4.69) is 20.8 Å². The Morgan fingerprint density at radius 1 is 1.12 bits per heavy atom. The second-order valence-corrected chi connectivity index (χ2v) is 6.19. The number of rotatable bonds is 4. The molecule has 2 N–H and O–H groups in total. The number of anilines is 2. The lowest BCUT2D eigenvalue weighted by molar-refractivity contribution is 0.622. The number of nitrogens with zero attached hydrogens (tertiary/aromatic N) is 4. The topological polar surface area (TPSA) is 59.7 Å². The van der Waals surface area contributed by atoms with Crippen molar-refractivity contribution in [1.29, 1.82) is 0 Å². The van der Waals surface area contributed by atoms with E-state index in [9.17, 15) is 4.39 Å². The normalized spacial score (nSPS) is 10.7. The summed E-state index contributed by atoms with van der Waals surface area (Å²) >= 11 is 5.35. The Labute approximate surface area is 150 Å². The third-order valence-corrected chi connectivity index (χ3v) is 4.02. The van der Waals surface area contributed by atoms with Gasteiger partial charge in [0.25, 0.3) is 0 Å². The molecule has 2 aromatic heterocycles. The van der Waals surface area contributed by atoms with Crippen molar-refractivity contribution < 1.29 is 4.39 Å². The van der Waals surface area contributed by atoms with Gasteiger partial charge in [-0.2, -0.15) is 10.2 Å². The van der Waals surface area contributed by atoms with E-state index in [1.165, 1.54) is 12.1 Å². The predicted octanol–water partition coefficient (Wildman–Crippen LogP) is 3.23. The summed E-state index contributed by atoms with van der Waals surface area (Å²) in [5.74, 6) is 0.430. The fourth-order valence-electron chi connectivity index (χ4n) is 2.54. The molecule has 3 aromatic rings. The molecule has 0 spiro atoms. The summed E-state index contributed by atoms with van der Waals surface area (Å²) in [6, 6.07) is 8.25. The minimum atomic E-state index is -0.245. The van der Waals surface area contributed by atoms with Gasteiger partial charge in [-0.3, -0.25) is 9.36 Å². The highest BCUT2D eigenvalue weighted by molar-refractivity contribution is 7.80.